The molecule has 0 amide bonds. The minimum Gasteiger partial charge on any atom is -0.494 e. The van der Waals surface area contributed by atoms with Crippen molar-refractivity contribution in [3.63, 3.8) is 0 Å². The van der Waals surface area contributed by atoms with Crippen LogP contribution in [0.2, 0.25) is 10.0 Å². The summed E-state index contributed by atoms with van der Waals surface area (Å²) >= 11 is 12.2. The summed E-state index contributed by atoms with van der Waals surface area (Å²) in [7, 11) is -2.54. The second-order valence-electron chi connectivity index (χ2n) is 6.14. The molecule has 0 unspecified atom stereocenters. The van der Waals surface area contributed by atoms with Gasteiger partial charge in [-0.1, -0.05) is 83.9 Å². The molecule has 0 saturated carbocycles. The maximum Gasteiger partial charge on any atom is 0.247 e. The van der Waals surface area contributed by atoms with E-state index in [0.717, 1.165) is 11.1 Å². The number of methoxy groups -OCH3 is 1. The minimum atomic E-state index is -3.91. The Kier molecular flexibility index (Phi) is 6.62. The molecule has 3 aromatic rings. The maximum absolute atomic E-state index is 13.5. The first-order valence-corrected chi connectivity index (χ1v) is 10.7. The molecule has 0 spiro atoms. The van der Waals surface area contributed by atoms with Crippen molar-refractivity contribution < 1.29 is 13.2 Å². The summed E-state index contributed by atoms with van der Waals surface area (Å²) in [6.07, 6.45) is 0. The highest BCUT2D eigenvalue weighted by molar-refractivity contribution is 7.89. The number of ether oxygens (including phenoxy) is 1. The predicted octanol–water partition coefficient (Wildman–Crippen LogP) is 5.39. The molecule has 4 nitrogen and oxygen atoms in total. The Morgan fingerprint density at radius 1 is 0.821 bits per heavy atom. The van der Waals surface area contributed by atoms with Crippen molar-refractivity contribution in [2.75, 3.05) is 7.11 Å². The van der Waals surface area contributed by atoms with Crippen LogP contribution in [-0.4, -0.2) is 19.8 Å². The summed E-state index contributed by atoms with van der Waals surface area (Å²) in [5, 5.41) is 0.305. The molecule has 0 aliphatic rings. The Labute approximate surface area is 175 Å². The summed E-state index contributed by atoms with van der Waals surface area (Å²) in [5.74, 6) is 0.0419. The molecular formula is C21H19Cl2NO3S. The van der Waals surface area contributed by atoms with Crippen molar-refractivity contribution in [1.82, 2.24) is 4.31 Å². The van der Waals surface area contributed by atoms with Crippen molar-refractivity contribution in [2.45, 2.75) is 18.0 Å². The van der Waals surface area contributed by atoms with Gasteiger partial charge < -0.3 is 4.74 Å². The van der Waals surface area contributed by atoms with Crippen LogP contribution in [0, 0.1) is 0 Å². The lowest BCUT2D eigenvalue weighted by molar-refractivity contribution is 0.383. The highest BCUT2D eigenvalue weighted by atomic mass is 35.5. The highest BCUT2D eigenvalue weighted by Gasteiger charge is 2.30. The number of hydrogen-bond donors (Lipinski definition) is 0. The smallest absolute Gasteiger partial charge is 0.247 e. The maximum atomic E-state index is 13.5. The fourth-order valence-corrected chi connectivity index (χ4v) is 4.87. The Bertz CT molecular complexity index is 1000. The van der Waals surface area contributed by atoms with Gasteiger partial charge in [-0.05, 0) is 23.3 Å². The average molecular weight is 436 g/mol. The predicted molar refractivity (Wildman–Crippen MR) is 112 cm³/mol. The molecule has 0 atom stereocenters. The van der Waals surface area contributed by atoms with Gasteiger partial charge in [0.1, 0.15) is 9.92 Å². The van der Waals surface area contributed by atoms with Crippen LogP contribution in [0.3, 0.4) is 0 Å². The second kappa shape index (κ2) is 8.97. The van der Waals surface area contributed by atoms with E-state index in [1.54, 1.807) is 0 Å². The van der Waals surface area contributed by atoms with Gasteiger partial charge in [-0.3, -0.25) is 0 Å². The summed E-state index contributed by atoms with van der Waals surface area (Å²) in [4.78, 5) is -0.0173. The van der Waals surface area contributed by atoms with E-state index in [9.17, 15) is 8.42 Å². The van der Waals surface area contributed by atoms with Crippen molar-refractivity contribution >= 4 is 33.2 Å². The van der Waals surface area contributed by atoms with Gasteiger partial charge in [-0.15, -0.1) is 0 Å². The number of halogens is 2. The zero-order valence-electron chi connectivity index (χ0n) is 15.2. The highest BCUT2D eigenvalue weighted by Crippen LogP contribution is 2.39. The molecule has 28 heavy (non-hydrogen) atoms. The van der Waals surface area contributed by atoms with Gasteiger partial charge in [0.15, 0.2) is 5.75 Å². The van der Waals surface area contributed by atoms with Crippen LogP contribution in [0.1, 0.15) is 11.1 Å². The van der Waals surface area contributed by atoms with Crippen molar-refractivity contribution in [2.24, 2.45) is 0 Å². The lowest BCUT2D eigenvalue weighted by atomic mass is 10.2. The molecule has 0 radical (unpaired) electrons. The largest absolute Gasteiger partial charge is 0.494 e. The number of nitrogens with zero attached hydrogens (tertiary/aromatic N) is 1. The third-order valence-corrected chi connectivity index (χ3v) is 6.84. The quantitative estimate of drug-likeness (QED) is 0.499. The molecule has 0 N–H and O–H groups in total. The van der Waals surface area contributed by atoms with Crippen LogP contribution in [0.5, 0.6) is 5.75 Å². The van der Waals surface area contributed by atoms with E-state index in [2.05, 4.69) is 0 Å². The van der Waals surface area contributed by atoms with Crippen molar-refractivity contribution in [3.8, 4) is 5.75 Å². The first kappa shape index (κ1) is 20.7. The number of hydrogen-bond acceptors (Lipinski definition) is 3. The molecule has 0 aromatic heterocycles. The fourth-order valence-electron chi connectivity index (χ4n) is 2.85. The number of sulfonamides is 1. The first-order valence-electron chi connectivity index (χ1n) is 8.53. The molecule has 0 saturated heterocycles. The van der Waals surface area contributed by atoms with E-state index in [1.165, 1.54) is 23.5 Å². The molecule has 7 heteroatoms. The van der Waals surface area contributed by atoms with Gasteiger partial charge in [0.05, 0.1) is 12.1 Å². The summed E-state index contributed by atoms with van der Waals surface area (Å²) in [5.41, 5.74) is 1.75. The van der Waals surface area contributed by atoms with Gasteiger partial charge in [0.25, 0.3) is 0 Å². The third-order valence-electron chi connectivity index (χ3n) is 4.24. The molecule has 0 fully saturated rings. The van der Waals surface area contributed by atoms with E-state index in [4.69, 9.17) is 27.9 Å². The molecule has 3 aromatic carbocycles. The van der Waals surface area contributed by atoms with E-state index < -0.39 is 10.0 Å². The van der Waals surface area contributed by atoms with Crippen LogP contribution in [0.4, 0.5) is 0 Å². The Morgan fingerprint density at radius 3 is 1.79 bits per heavy atom. The van der Waals surface area contributed by atoms with Gasteiger partial charge in [0.2, 0.25) is 10.0 Å². The first-order chi connectivity index (χ1) is 13.4. The Morgan fingerprint density at radius 2 is 1.32 bits per heavy atom. The normalized spacial score (nSPS) is 11.6. The monoisotopic (exact) mass is 435 g/mol. The molecule has 3 rings (SSSR count). The molecule has 0 heterocycles. The van der Waals surface area contributed by atoms with E-state index in [1.807, 2.05) is 60.7 Å². The standard InChI is InChI=1S/C21H19Cl2NO3S/c1-27-21-19(13-12-18(22)20(21)23)28(25,26)24(14-16-8-4-2-5-9-16)15-17-10-6-3-7-11-17/h2-13H,14-15H2,1H3. The van der Waals surface area contributed by atoms with Crippen LogP contribution in [-0.2, 0) is 23.1 Å². The zero-order chi connectivity index (χ0) is 20.1. The van der Waals surface area contributed by atoms with Crippen molar-refractivity contribution in [1.29, 1.82) is 0 Å². The molecule has 0 bridgehead atoms. The average Bonchev–Trinajstić information content (AvgIpc) is 2.71. The summed E-state index contributed by atoms with van der Waals surface area (Å²) < 4.78 is 33.7. The van der Waals surface area contributed by atoms with E-state index in [-0.39, 0.29) is 33.8 Å². The molecular weight excluding hydrogens is 417 g/mol. The molecule has 146 valence electrons. The molecule has 0 aliphatic carbocycles. The SMILES string of the molecule is COc1c(S(=O)(=O)N(Cc2ccccc2)Cc2ccccc2)ccc(Cl)c1Cl. The topological polar surface area (TPSA) is 46.6 Å². The Balaban J connectivity index is 2.07. The van der Waals surface area contributed by atoms with E-state index in [0.29, 0.717) is 0 Å². The van der Waals surface area contributed by atoms with Gasteiger partial charge >= 0.3 is 0 Å². The van der Waals surface area contributed by atoms with Crippen molar-refractivity contribution in [3.05, 3.63) is 94.0 Å². The van der Waals surface area contributed by atoms with Gasteiger partial charge in [-0.25, -0.2) is 8.42 Å². The van der Waals surface area contributed by atoms with Crippen LogP contribution >= 0.6 is 23.2 Å². The number of rotatable bonds is 7. The van der Waals surface area contributed by atoms with Gasteiger partial charge in [-0.2, -0.15) is 4.31 Å². The minimum absolute atomic E-state index is 0.0173. The van der Waals surface area contributed by atoms with Crippen LogP contribution in [0.25, 0.3) is 0 Å². The lowest BCUT2D eigenvalue weighted by Crippen LogP contribution is -2.30. The Hall–Kier alpha value is -2.05. The summed E-state index contributed by atoms with van der Waals surface area (Å²) in [6, 6.07) is 21.7. The zero-order valence-corrected chi connectivity index (χ0v) is 17.5. The molecule has 0 aliphatic heterocycles. The second-order valence-corrected chi connectivity index (χ2v) is 8.83. The van der Waals surface area contributed by atoms with Gasteiger partial charge in [0, 0.05) is 13.1 Å². The van der Waals surface area contributed by atoms with Crippen LogP contribution < -0.4 is 4.74 Å². The lowest BCUT2D eigenvalue weighted by Gasteiger charge is -2.24. The van der Waals surface area contributed by atoms with Crippen LogP contribution in [0.15, 0.2) is 77.7 Å². The third kappa shape index (κ3) is 4.50. The fraction of sp³-hybridized carbons (Fsp3) is 0.143. The number of benzene rings is 3. The van der Waals surface area contributed by atoms with E-state index >= 15 is 0 Å². The summed E-state index contributed by atoms with van der Waals surface area (Å²) in [6.45, 7) is 0.420.